The summed E-state index contributed by atoms with van der Waals surface area (Å²) in [7, 11) is 0. The average molecular weight is 313 g/mol. The number of allylic oxidation sites excluding steroid dienone is 2. The van der Waals surface area contributed by atoms with Crippen molar-refractivity contribution in [2.45, 2.75) is 13.8 Å². The maximum absolute atomic E-state index is 11.8. The van der Waals surface area contributed by atoms with Crippen LogP contribution in [-0.2, 0) is 4.79 Å². The number of carbonyl (C=O) groups is 1. The minimum absolute atomic E-state index is 0.0202. The molecule has 19 heavy (non-hydrogen) atoms. The summed E-state index contributed by atoms with van der Waals surface area (Å²) < 4.78 is 1.08. The Morgan fingerprint density at radius 1 is 1.16 bits per heavy atom. The first-order valence-electron chi connectivity index (χ1n) is 6.10. The molecule has 0 heterocycles. The van der Waals surface area contributed by atoms with E-state index >= 15 is 0 Å². The van der Waals surface area contributed by atoms with Gasteiger partial charge in [0.15, 0.2) is 5.78 Å². The van der Waals surface area contributed by atoms with E-state index in [2.05, 4.69) is 13.8 Å². The van der Waals surface area contributed by atoms with Crippen molar-refractivity contribution in [2.75, 3.05) is 11.5 Å². The number of ketones is 1. The van der Waals surface area contributed by atoms with Gasteiger partial charge in [-0.15, -0.1) is 23.5 Å². The van der Waals surface area contributed by atoms with Crippen molar-refractivity contribution in [3.63, 3.8) is 0 Å². The number of carbonyl (C=O) groups excluding carboxylic acids is 1. The number of benzene rings is 1. The van der Waals surface area contributed by atoms with E-state index < -0.39 is 0 Å². The van der Waals surface area contributed by atoms with Crippen LogP contribution < -0.4 is 0 Å². The molecule has 0 atom stereocenters. The second-order valence-electron chi connectivity index (χ2n) is 3.62. The zero-order chi connectivity index (χ0) is 14.1. The molecule has 0 aliphatic rings. The fraction of sp³-hybridized carbons (Fsp3) is 0.267. The molecule has 0 radical (unpaired) electrons. The summed E-state index contributed by atoms with van der Waals surface area (Å²) in [5, 5.41) is 0.698. The highest BCUT2D eigenvalue weighted by atomic mass is 35.5. The first kappa shape index (κ1) is 16.4. The lowest BCUT2D eigenvalue weighted by molar-refractivity contribution is -0.110. The summed E-state index contributed by atoms with van der Waals surface area (Å²) in [6.07, 6.45) is 5.10. The third-order valence-corrected chi connectivity index (χ3v) is 4.48. The van der Waals surface area contributed by atoms with Crippen LogP contribution in [0.1, 0.15) is 19.4 Å². The highest BCUT2D eigenvalue weighted by molar-refractivity contribution is 8.22. The molecule has 0 aliphatic carbocycles. The second kappa shape index (κ2) is 9.29. The molecule has 0 saturated heterocycles. The van der Waals surface area contributed by atoms with E-state index in [9.17, 15) is 4.79 Å². The van der Waals surface area contributed by atoms with E-state index in [1.807, 2.05) is 24.3 Å². The molecule has 0 aromatic heterocycles. The minimum Gasteiger partial charge on any atom is -0.290 e. The maximum Gasteiger partial charge on any atom is 0.180 e. The first-order valence-corrected chi connectivity index (χ1v) is 8.45. The Morgan fingerprint density at radius 2 is 1.74 bits per heavy atom. The summed E-state index contributed by atoms with van der Waals surface area (Å²) in [6.45, 7) is 4.17. The van der Waals surface area contributed by atoms with Crippen LogP contribution >= 0.6 is 35.1 Å². The summed E-state index contributed by atoms with van der Waals surface area (Å²) in [6, 6.07) is 7.40. The Hall–Kier alpha value is -0.640. The molecular weight excluding hydrogens is 296 g/mol. The van der Waals surface area contributed by atoms with Crippen LogP contribution in [0.2, 0.25) is 5.02 Å². The number of hydrogen-bond acceptors (Lipinski definition) is 3. The molecule has 0 amide bonds. The molecule has 4 heteroatoms. The van der Waals surface area contributed by atoms with E-state index in [0.29, 0.717) is 5.02 Å². The van der Waals surface area contributed by atoms with E-state index in [-0.39, 0.29) is 5.78 Å². The molecule has 0 bridgehead atoms. The zero-order valence-electron chi connectivity index (χ0n) is 11.1. The largest absolute Gasteiger partial charge is 0.290 e. The van der Waals surface area contributed by atoms with Crippen molar-refractivity contribution in [2.24, 2.45) is 0 Å². The van der Waals surface area contributed by atoms with Crippen molar-refractivity contribution in [1.29, 1.82) is 0 Å². The molecule has 0 fully saturated rings. The Bertz CT molecular complexity index is 456. The zero-order valence-corrected chi connectivity index (χ0v) is 13.4. The quantitative estimate of drug-likeness (QED) is 0.638. The highest BCUT2D eigenvalue weighted by Crippen LogP contribution is 2.27. The fourth-order valence-corrected chi connectivity index (χ4v) is 3.46. The van der Waals surface area contributed by atoms with Gasteiger partial charge >= 0.3 is 0 Å². The van der Waals surface area contributed by atoms with Crippen LogP contribution in [-0.4, -0.2) is 17.3 Å². The van der Waals surface area contributed by atoms with Gasteiger partial charge in [0.1, 0.15) is 0 Å². The molecule has 1 aromatic rings. The second-order valence-corrected chi connectivity index (χ2v) is 6.92. The maximum atomic E-state index is 11.8. The predicted octanol–water partition coefficient (Wildman–Crippen LogP) is 5.27. The standard InChI is InChI=1S/C15H17ClOS2/c1-3-18-15(19-4-2)11-14(17)10-7-12-5-8-13(16)9-6-12/h5-11H,3-4H2,1-2H3/b10-7+. The van der Waals surface area contributed by atoms with Crippen LogP contribution in [0, 0.1) is 0 Å². The molecule has 1 aromatic carbocycles. The van der Waals surface area contributed by atoms with E-state index in [1.54, 1.807) is 41.8 Å². The molecule has 1 rings (SSSR count). The fourth-order valence-electron chi connectivity index (χ4n) is 1.33. The Morgan fingerprint density at radius 3 is 2.26 bits per heavy atom. The summed E-state index contributed by atoms with van der Waals surface area (Å²) in [4.78, 5) is 11.8. The Kier molecular flexibility index (Phi) is 8.03. The SMILES string of the molecule is CCSC(=CC(=O)/C=C/c1ccc(Cl)cc1)SCC. The molecule has 0 N–H and O–H groups in total. The highest BCUT2D eigenvalue weighted by Gasteiger charge is 1.99. The van der Waals surface area contributed by atoms with Gasteiger partial charge in [0.05, 0.1) is 0 Å². The molecule has 102 valence electrons. The lowest BCUT2D eigenvalue weighted by Gasteiger charge is -2.01. The smallest absolute Gasteiger partial charge is 0.180 e. The summed E-state index contributed by atoms with van der Waals surface area (Å²) >= 11 is 9.22. The number of thioether (sulfide) groups is 2. The van der Waals surface area contributed by atoms with E-state index in [1.165, 1.54) is 0 Å². The molecule has 0 spiro atoms. The van der Waals surface area contributed by atoms with Crippen LogP contribution in [0.4, 0.5) is 0 Å². The molecule has 0 saturated carbocycles. The van der Waals surface area contributed by atoms with Gasteiger partial charge in [-0.05, 0) is 35.3 Å². The van der Waals surface area contributed by atoms with Gasteiger partial charge in [-0.25, -0.2) is 0 Å². The Labute approximate surface area is 128 Å². The van der Waals surface area contributed by atoms with Gasteiger partial charge in [0.2, 0.25) is 0 Å². The topological polar surface area (TPSA) is 17.1 Å². The van der Waals surface area contributed by atoms with Gasteiger partial charge in [-0.2, -0.15) is 0 Å². The predicted molar refractivity (Wildman–Crippen MR) is 89.8 cm³/mol. The first-order chi connectivity index (χ1) is 9.15. The van der Waals surface area contributed by atoms with Gasteiger partial charge in [-0.1, -0.05) is 43.7 Å². The van der Waals surface area contributed by atoms with Crippen molar-refractivity contribution >= 4 is 47.0 Å². The number of hydrogen-bond donors (Lipinski definition) is 0. The molecule has 0 unspecified atom stereocenters. The summed E-state index contributed by atoms with van der Waals surface area (Å²) in [5.41, 5.74) is 0.971. The van der Waals surface area contributed by atoms with Crippen molar-refractivity contribution < 1.29 is 4.79 Å². The Balaban J connectivity index is 2.67. The van der Waals surface area contributed by atoms with Crippen molar-refractivity contribution in [3.8, 4) is 0 Å². The summed E-state index contributed by atoms with van der Waals surface area (Å²) in [5.74, 6) is 1.98. The normalized spacial score (nSPS) is 10.7. The average Bonchev–Trinajstić information content (AvgIpc) is 2.39. The van der Waals surface area contributed by atoms with Crippen molar-refractivity contribution in [3.05, 3.63) is 51.2 Å². The number of rotatable bonds is 7. The van der Waals surface area contributed by atoms with Gasteiger partial charge < -0.3 is 0 Å². The van der Waals surface area contributed by atoms with Crippen LogP contribution in [0.15, 0.2) is 40.7 Å². The minimum atomic E-state index is 0.0202. The third-order valence-electron chi connectivity index (χ3n) is 2.14. The van der Waals surface area contributed by atoms with E-state index in [0.717, 1.165) is 21.3 Å². The molecule has 1 nitrogen and oxygen atoms in total. The van der Waals surface area contributed by atoms with Crippen LogP contribution in [0.25, 0.3) is 6.08 Å². The van der Waals surface area contributed by atoms with Gasteiger partial charge in [0, 0.05) is 15.3 Å². The molecular formula is C15H17ClOS2. The monoisotopic (exact) mass is 312 g/mol. The lowest BCUT2D eigenvalue weighted by atomic mass is 10.2. The number of halogens is 1. The van der Waals surface area contributed by atoms with Gasteiger partial charge in [0.25, 0.3) is 0 Å². The van der Waals surface area contributed by atoms with Crippen LogP contribution in [0.3, 0.4) is 0 Å². The van der Waals surface area contributed by atoms with Crippen LogP contribution in [0.5, 0.6) is 0 Å². The van der Waals surface area contributed by atoms with E-state index in [4.69, 9.17) is 11.6 Å². The van der Waals surface area contributed by atoms with Crippen molar-refractivity contribution in [1.82, 2.24) is 0 Å². The third kappa shape index (κ3) is 6.90. The molecule has 0 aliphatic heterocycles. The van der Waals surface area contributed by atoms with Gasteiger partial charge in [-0.3, -0.25) is 4.79 Å². The lowest BCUT2D eigenvalue weighted by Crippen LogP contribution is -1.88.